The maximum absolute atomic E-state index is 12.6. The Bertz CT molecular complexity index is 436. The molecule has 1 aromatic rings. The largest absolute Gasteiger partial charge is 0.505 e. The molecule has 7 heteroatoms. The summed E-state index contributed by atoms with van der Waals surface area (Å²) < 4.78 is 37.6. The Morgan fingerprint density at radius 1 is 1.31 bits per heavy atom. The van der Waals surface area contributed by atoms with Crippen molar-refractivity contribution in [2.24, 2.45) is 5.73 Å². The van der Waals surface area contributed by atoms with Gasteiger partial charge in [0.15, 0.2) is 0 Å². The van der Waals surface area contributed by atoms with Crippen LogP contribution in [0.4, 0.5) is 13.2 Å². The van der Waals surface area contributed by atoms with Gasteiger partial charge in [0, 0.05) is 5.56 Å². The third-order valence-electron chi connectivity index (χ3n) is 2.63. The average Bonchev–Trinajstić information content (AvgIpc) is 2.55. The molecule has 1 aliphatic rings. The molecule has 0 aliphatic heterocycles. The topological polar surface area (TPSA) is 60.9 Å². The van der Waals surface area contributed by atoms with Gasteiger partial charge in [-0.05, 0) is 25.7 Å². The maximum Gasteiger partial charge on any atom is 0.505 e. The highest BCUT2D eigenvalue weighted by Gasteiger charge is 2.38. The van der Waals surface area contributed by atoms with Crippen LogP contribution in [0.15, 0.2) is 0 Å². The van der Waals surface area contributed by atoms with E-state index in [0.29, 0.717) is 24.1 Å². The minimum absolute atomic E-state index is 0.203. The number of rotatable bonds is 1. The van der Waals surface area contributed by atoms with Crippen LogP contribution in [0.25, 0.3) is 0 Å². The Morgan fingerprint density at radius 2 is 1.94 bits per heavy atom. The Balaban J connectivity index is 2.61. The minimum atomic E-state index is -4.69. The second kappa shape index (κ2) is 3.50. The van der Waals surface area contributed by atoms with Gasteiger partial charge in [0.25, 0.3) is 5.91 Å². The summed E-state index contributed by atoms with van der Waals surface area (Å²) in [5, 5.41) is 3.43. The zero-order chi connectivity index (χ0) is 11.9. The van der Waals surface area contributed by atoms with Crippen molar-refractivity contribution >= 4 is 5.91 Å². The lowest BCUT2D eigenvalue weighted by molar-refractivity contribution is -0.213. The van der Waals surface area contributed by atoms with Gasteiger partial charge in [0.2, 0.25) is 0 Å². The fourth-order valence-corrected chi connectivity index (χ4v) is 1.99. The first-order valence-corrected chi connectivity index (χ1v) is 4.89. The first-order valence-electron chi connectivity index (χ1n) is 4.89. The van der Waals surface area contributed by atoms with Crippen molar-refractivity contribution < 1.29 is 18.0 Å². The number of amides is 1. The van der Waals surface area contributed by atoms with Crippen LogP contribution in [-0.4, -0.2) is 15.7 Å². The first-order chi connectivity index (χ1) is 7.41. The number of fused-ring (bicyclic) bond motifs is 1. The molecule has 0 fully saturated rings. The Morgan fingerprint density at radius 3 is 2.50 bits per heavy atom. The fourth-order valence-electron chi connectivity index (χ4n) is 1.99. The highest BCUT2D eigenvalue weighted by atomic mass is 19.4. The quantitative estimate of drug-likeness (QED) is 0.795. The second-order valence-corrected chi connectivity index (χ2v) is 3.72. The molecule has 0 unspecified atom stereocenters. The first kappa shape index (κ1) is 11.0. The Hall–Kier alpha value is -1.53. The van der Waals surface area contributed by atoms with Gasteiger partial charge in [-0.2, -0.15) is 9.78 Å². The summed E-state index contributed by atoms with van der Waals surface area (Å²) in [5.74, 6) is -1.08. The molecule has 1 amide bonds. The van der Waals surface area contributed by atoms with Gasteiger partial charge in [-0.1, -0.05) is 0 Å². The lowest BCUT2D eigenvalue weighted by atomic mass is 9.96. The number of nitrogens with zero attached hydrogens (tertiary/aromatic N) is 2. The van der Waals surface area contributed by atoms with Gasteiger partial charge >= 0.3 is 6.30 Å². The molecule has 1 heterocycles. The maximum atomic E-state index is 12.6. The van der Waals surface area contributed by atoms with Crippen molar-refractivity contribution in [2.75, 3.05) is 0 Å². The van der Waals surface area contributed by atoms with E-state index in [1.807, 2.05) is 0 Å². The summed E-state index contributed by atoms with van der Waals surface area (Å²) in [7, 11) is 0. The minimum Gasteiger partial charge on any atom is -0.364 e. The molecule has 2 N–H and O–H groups in total. The third-order valence-corrected chi connectivity index (χ3v) is 2.63. The summed E-state index contributed by atoms with van der Waals surface area (Å²) in [5.41, 5.74) is 5.17. The number of aromatic nitrogens is 2. The lowest BCUT2D eigenvalue weighted by Gasteiger charge is -2.10. The molecule has 0 spiro atoms. The molecule has 1 aliphatic carbocycles. The molecule has 4 nitrogen and oxygen atoms in total. The number of halogens is 3. The van der Waals surface area contributed by atoms with Crippen molar-refractivity contribution in [1.29, 1.82) is 0 Å². The molecular formula is C9H10F3N3O. The molecule has 0 saturated heterocycles. The summed E-state index contributed by atoms with van der Waals surface area (Å²) in [6, 6.07) is 0. The summed E-state index contributed by atoms with van der Waals surface area (Å²) in [6.07, 6.45) is -2.24. The van der Waals surface area contributed by atoms with E-state index < -0.39 is 17.9 Å². The summed E-state index contributed by atoms with van der Waals surface area (Å²) in [4.78, 5) is 11.1. The molecule has 0 aromatic carbocycles. The molecular weight excluding hydrogens is 223 g/mol. The van der Waals surface area contributed by atoms with Crippen molar-refractivity contribution in [1.82, 2.24) is 9.78 Å². The lowest BCUT2D eigenvalue weighted by Crippen LogP contribution is -2.27. The highest BCUT2D eigenvalue weighted by molar-refractivity contribution is 5.93. The van der Waals surface area contributed by atoms with Crippen LogP contribution in [0.2, 0.25) is 0 Å². The molecule has 2 rings (SSSR count). The summed E-state index contributed by atoms with van der Waals surface area (Å²) >= 11 is 0. The monoisotopic (exact) mass is 233 g/mol. The van der Waals surface area contributed by atoms with Crippen LogP contribution in [0.3, 0.4) is 0 Å². The van der Waals surface area contributed by atoms with Crippen LogP contribution in [0.5, 0.6) is 0 Å². The molecule has 16 heavy (non-hydrogen) atoms. The number of carbonyl (C=O) groups excluding carboxylic acids is 1. The van der Waals surface area contributed by atoms with Crippen molar-refractivity contribution in [3.63, 3.8) is 0 Å². The smallest absolute Gasteiger partial charge is 0.364 e. The van der Waals surface area contributed by atoms with E-state index in [9.17, 15) is 18.0 Å². The molecule has 1 aromatic heterocycles. The number of aryl methyl sites for hydroxylation is 1. The molecule has 0 saturated carbocycles. The van der Waals surface area contributed by atoms with Crippen LogP contribution in [-0.2, 0) is 19.1 Å². The normalized spacial score (nSPS) is 15.9. The number of hydrogen-bond acceptors (Lipinski definition) is 2. The van der Waals surface area contributed by atoms with Crippen molar-refractivity contribution in [3.05, 3.63) is 17.0 Å². The fraction of sp³-hybridized carbons (Fsp3) is 0.556. The Labute approximate surface area is 89.2 Å². The molecule has 0 bridgehead atoms. The van der Waals surface area contributed by atoms with E-state index in [0.717, 1.165) is 12.8 Å². The predicted octanol–water partition coefficient (Wildman–Crippen LogP) is 1.34. The van der Waals surface area contributed by atoms with Gasteiger partial charge in [0.1, 0.15) is 5.69 Å². The van der Waals surface area contributed by atoms with Crippen LogP contribution >= 0.6 is 0 Å². The number of primary amides is 1. The average molecular weight is 233 g/mol. The van der Waals surface area contributed by atoms with Gasteiger partial charge in [-0.3, -0.25) is 4.79 Å². The standard InChI is InChI=1S/C9H10F3N3O/c10-9(11,12)15-7(8(13)16)5-3-1-2-4-6(5)14-15/h1-4H2,(H2,13,16). The van der Waals surface area contributed by atoms with Crippen LogP contribution in [0.1, 0.15) is 34.6 Å². The SMILES string of the molecule is NC(=O)c1c2c(nn1C(F)(F)F)CCCC2. The van der Waals surface area contributed by atoms with Gasteiger partial charge < -0.3 is 5.73 Å². The number of carbonyl (C=O) groups is 1. The van der Waals surface area contributed by atoms with Crippen molar-refractivity contribution in [3.8, 4) is 0 Å². The molecule has 0 radical (unpaired) electrons. The number of hydrogen-bond donors (Lipinski definition) is 1. The van der Waals surface area contributed by atoms with Gasteiger partial charge in [0.05, 0.1) is 5.69 Å². The van der Waals surface area contributed by atoms with Gasteiger partial charge in [-0.15, -0.1) is 13.2 Å². The molecule has 0 atom stereocenters. The van der Waals surface area contributed by atoms with E-state index >= 15 is 0 Å². The third kappa shape index (κ3) is 1.66. The van der Waals surface area contributed by atoms with Gasteiger partial charge in [-0.25, -0.2) is 0 Å². The molecule has 88 valence electrons. The van der Waals surface area contributed by atoms with E-state index in [1.54, 1.807) is 0 Å². The van der Waals surface area contributed by atoms with E-state index in [4.69, 9.17) is 5.73 Å². The summed E-state index contributed by atoms with van der Waals surface area (Å²) in [6.45, 7) is 0. The van der Waals surface area contributed by atoms with Crippen LogP contribution < -0.4 is 5.73 Å². The zero-order valence-corrected chi connectivity index (χ0v) is 8.34. The number of nitrogens with two attached hydrogens (primary N) is 1. The number of alkyl halides is 3. The van der Waals surface area contributed by atoms with E-state index in [1.165, 1.54) is 0 Å². The zero-order valence-electron chi connectivity index (χ0n) is 8.34. The predicted molar refractivity (Wildman–Crippen MR) is 48.7 cm³/mol. The van der Waals surface area contributed by atoms with E-state index in [2.05, 4.69) is 5.10 Å². The highest BCUT2D eigenvalue weighted by Crippen LogP contribution is 2.30. The van der Waals surface area contributed by atoms with Crippen molar-refractivity contribution in [2.45, 2.75) is 32.0 Å². The van der Waals surface area contributed by atoms with E-state index in [-0.39, 0.29) is 4.68 Å². The Kier molecular flexibility index (Phi) is 2.40. The second-order valence-electron chi connectivity index (χ2n) is 3.72. The van der Waals surface area contributed by atoms with Crippen LogP contribution in [0, 0.1) is 0 Å².